The zero-order valence-corrected chi connectivity index (χ0v) is 20.2. The molecule has 0 aliphatic heterocycles. The smallest absolute Gasteiger partial charge is 0.257 e. The molecule has 0 radical (unpaired) electrons. The number of carbonyl (C=O) groups is 1. The second-order valence-electron chi connectivity index (χ2n) is 8.26. The first-order chi connectivity index (χ1) is 15.5. The van der Waals surface area contributed by atoms with Crippen LogP contribution < -0.4 is 16.2 Å². The molecule has 0 saturated carbocycles. The second kappa shape index (κ2) is 9.74. The molecule has 1 amide bonds. The topological polar surface area (TPSA) is 115 Å². The third-order valence-corrected chi connectivity index (χ3v) is 7.01. The number of likely N-dealkylation sites (N-methyl/N-ethyl adjacent to an activating group) is 1. The summed E-state index contributed by atoms with van der Waals surface area (Å²) in [6.07, 6.45) is 0. The number of nitrogens with one attached hydrogen (secondary N) is 3. The summed E-state index contributed by atoms with van der Waals surface area (Å²) in [4.78, 5) is 29.7. The maximum absolute atomic E-state index is 13.2. The normalized spacial score (nSPS) is 11.8. The van der Waals surface area contributed by atoms with Crippen LogP contribution in [0.1, 0.15) is 15.9 Å². The largest absolute Gasteiger partial charge is 0.383 e. The fourth-order valence-corrected chi connectivity index (χ4v) is 4.28. The summed E-state index contributed by atoms with van der Waals surface area (Å²) < 4.78 is 26.4. The first kappa shape index (κ1) is 24.4. The first-order valence-electron chi connectivity index (χ1n) is 10.4. The number of nitrogens with zero attached hydrogens (tertiary/aromatic N) is 2. The van der Waals surface area contributed by atoms with Crippen LogP contribution in [0.25, 0.3) is 10.9 Å². The van der Waals surface area contributed by atoms with E-state index in [1.807, 2.05) is 25.9 Å². The van der Waals surface area contributed by atoms with Crippen molar-refractivity contribution in [2.45, 2.75) is 11.8 Å². The molecule has 3 N–H and O–H groups in total. The van der Waals surface area contributed by atoms with Gasteiger partial charge in [0.15, 0.2) is 0 Å². The number of fused-ring (bicyclic) bond motifs is 1. The average Bonchev–Trinajstić information content (AvgIpc) is 2.73. The molecule has 1 heterocycles. The highest BCUT2D eigenvalue weighted by atomic mass is 32.2. The lowest BCUT2D eigenvalue weighted by Gasteiger charge is -2.17. The third-order valence-electron chi connectivity index (χ3n) is 5.20. The van der Waals surface area contributed by atoms with Gasteiger partial charge in [0.2, 0.25) is 15.6 Å². The highest BCUT2D eigenvalue weighted by Crippen LogP contribution is 2.25. The van der Waals surface area contributed by atoms with Gasteiger partial charge in [-0.25, -0.2) is 12.7 Å². The average molecular weight is 472 g/mol. The molecule has 0 bridgehead atoms. The Morgan fingerprint density at radius 3 is 2.42 bits per heavy atom. The summed E-state index contributed by atoms with van der Waals surface area (Å²) in [6, 6.07) is 11.2. The molecule has 9 nitrogen and oxygen atoms in total. The van der Waals surface area contributed by atoms with Crippen LogP contribution in [-0.4, -0.2) is 69.8 Å². The van der Waals surface area contributed by atoms with Gasteiger partial charge in [0, 0.05) is 55.5 Å². The molecule has 3 rings (SSSR count). The Morgan fingerprint density at radius 2 is 1.76 bits per heavy atom. The van der Waals surface area contributed by atoms with Crippen LogP contribution in [0.5, 0.6) is 0 Å². The molecule has 3 aromatic rings. The van der Waals surface area contributed by atoms with Crippen LogP contribution in [0, 0.1) is 6.92 Å². The van der Waals surface area contributed by atoms with Crippen molar-refractivity contribution in [2.75, 3.05) is 51.9 Å². The molecule has 0 fully saturated rings. The van der Waals surface area contributed by atoms with Gasteiger partial charge in [-0.15, -0.1) is 0 Å². The van der Waals surface area contributed by atoms with E-state index < -0.39 is 15.9 Å². The standard InChI is InChI=1S/C23H29N5O4S/c1-15-12-22(29)26-21-8-6-16(13-18(15)21)25-23(30)19-14-17(33(31,32)28(4)5)7-9-20(19)24-10-11-27(2)3/h6-9,12-14,24H,10-11H2,1-5H3,(H,25,30)(H,26,29). The number of benzene rings is 2. The predicted molar refractivity (Wildman–Crippen MR) is 132 cm³/mol. The van der Waals surface area contributed by atoms with Crippen molar-refractivity contribution in [1.29, 1.82) is 0 Å². The van der Waals surface area contributed by atoms with Crippen molar-refractivity contribution in [3.63, 3.8) is 0 Å². The van der Waals surface area contributed by atoms with Crippen molar-refractivity contribution < 1.29 is 13.2 Å². The fourth-order valence-electron chi connectivity index (χ4n) is 3.35. The SMILES string of the molecule is Cc1cc(=O)[nH]c2ccc(NC(=O)c3cc(S(=O)(=O)N(C)C)ccc3NCCN(C)C)cc12. The van der Waals surface area contributed by atoms with Gasteiger partial charge in [-0.05, 0) is 63.0 Å². The number of aromatic nitrogens is 1. The van der Waals surface area contributed by atoms with Crippen LogP contribution in [0.2, 0.25) is 0 Å². The minimum atomic E-state index is -3.71. The van der Waals surface area contributed by atoms with Crippen molar-refractivity contribution in [3.8, 4) is 0 Å². The Labute approximate surface area is 193 Å². The minimum absolute atomic E-state index is 0.0303. The van der Waals surface area contributed by atoms with Crippen LogP contribution in [-0.2, 0) is 10.0 Å². The molecule has 0 aliphatic rings. The Kier molecular flexibility index (Phi) is 7.21. The molecule has 10 heteroatoms. The van der Waals surface area contributed by atoms with Gasteiger partial charge in [-0.1, -0.05) is 0 Å². The number of sulfonamides is 1. The Hall–Kier alpha value is -3.21. The van der Waals surface area contributed by atoms with Crippen molar-refractivity contribution in [1.82, 2.24) is 14.2 Å². The summed E-state index contributed by atoms with van der Waals surface area (Å²) in [5.74, 6) is -0.445. The minimum Gasteiger partial charge on any atom is -0.383 e. The molecule has 0 spiro atoms. The van der Waals surface area contributed by atoms with E-state index in [1.54, 1.807) is 24.3 Å². The second-order valence-corrected chi connectivity index (χ2v) is 10.4. The van der Waals surface area contributed by atoms with Gasteiger partial charge in [-0.3, -0.25) is 9.59 Å². The Balaban J connectivity index is 1.98. The van der Waals surface area contributed by atoms with E-state index >= 15 is 0 Å². The van der Waals surface area contributed by atoms with Crippen molar-refractivity contribution >= 4 is 38.2 Å². The fraction of sp³-hybridized carbons (Fsp3) is 0.304. The maximum atomic E-state index is 13.2. The van der Waals surface area contributed by atoms with E-state index in [0.717, 1.165) is 21.8 Å². The van der Waals surface area contributed by atoms with Crippen LogP contribution in [0.4, 0.5) is 11.4 Å². The zero-order valence-electron chi connectivity index (χ0n) is 19.4. The van der Waals surface area contributed by atoms with Gasteiger partial charge < -0.3 is 20.5 Å². The molecule has 0 aliphatic carbocycles. The number of aromatic amines is 1. The van der Waals surface area contributed by atoms with Gasteiger partial charge in [-0.2, -0.15) is 0 Å². The van der Waals surface area contributed by atoms with Crippen molar-refractivity contribution in [2.24, 2.45) is 0 Å². The van der Waals surface area contributed by atoms with Gasteiger partial charge in [0.25, 0.3) is 5.91 Å². The molecular formula is C23H29N5O4S. The number of anilines is 2. The van der Waals surface area contributed by atoms with Crippen LogP contribution >= 0.6 is 0 Å². The predicted octanol–water partition coefficient (Wildman–Crippen LogP) is 2.31. The highest BCUT2D eigenvalue weighted by Gasteiger charge is 2.21. The van der Waals surface area contributed by atoms with Crippen LogP contribution in [0.15, 0.2) is 52.2 Å². The number of rotatable bonds is 8. The Bertz CT molecular complexity index is 1350. The van der Waals surface area contributed by atoms with E-state index in [4.69, 9.17) is 0 Å². The highest BCUT2D eigenvalue weighted by molar-refractivity contribution is 7.89. The summed E-state index contributed by atoms with van der Waals surface area (Å²) in [5, 5.41) is 6.87. The third kappa shape index (κ3) is 5.59. The first-order valence-corrected chi connectivity index (χ1v) is 11.8. The number of hydrogen-bond donors (Lipinski definition) is 3. The number of amides is 1. The number of pyridine rings is 1. The lowest BCUT2D eigenvalue weighted by molar-refractivity contribution is 0.102. The molecule has 0 unspecified atom stereocenters. The summed E-state index contributed by atoms with van der Waals surface area (Å²) >= 11 is 0. The zero-order chi connectivity index (χ0) is 24.3. The summed E-state index contributed by atoms with van der Waals surface area (Å²) in [7, 11) is 3.06. The lowest BCUT2D eigenvalue weighted by atomic mass is 10.1. The van der Waals surface area contributed by atoms with E-state index in [0.29, 0.717) is 23.4 Å². The monoisotopic (exact) mass is 471 g/mol. The number of carbonyl (C=O) groups excluding carboxylic acids is 1. The molecule has 2 aromatic carbocycles. The number of hydrogen-bond acceptors (Lipinski definition) is 6. The summed E-state index contributed by atoms with van der Waals surface area (Å²) in [6.45, 7) is 3.14. The van der Waals surface area contributed by atoms with Crippen molar-refractivity contribution in [3.05, 3.63) is 63.9 Å². The molecule has 0 atom stereocenters. The van der Waals surface area contributed by atoms with E-state index in [1.165, 1.54) is 32.3 Å². The number of aryl methyl sites for hydroxylation is 1. The molecule has 0 saturated heterocycles. The maximum Gasteiger partial charge on any atom is 0.257 e. The molecule has 176 valence electrons. The lowest BCUT2D eigenvalue weighted by Crippen LogP contribution is -2.24. The van der Waals surface area contributed by atoms with Gasteiger partial charge in [0.05, 0.1) is 10.5 Å². The van der Waals surface area contributed by atoms with E-state index in [9.17, 15) is 18.0 Å². The number of H-pyrrole nitrogens is 1. The quantitative estimate of drug-likeness (QED) is 0.465. The van der Waals surface area contributed by atoms with E-state index in [-0.39, 0.29) is 16.0 Å². The molecule has 1 aromatic heterocycles. The van der Waals surface area contributed by atoms with E-state index in [2.05, 4.69) is 15.6 Å². The molecular weight excluding hydrogens is 442 g/mol. The van der Waals surface area contributed by atoms with Crippen LogP contribution in [0.3, 0.4) is 0 Å². The van der Waals surface area contributed by atoms with Gasteiger partial charge >= 0.3 is 0 Å². The summed E-state index contributed by atoms with van der Waals surface area (Å²) in [5.41, 5.74) is 2.55. The Morgan fingerprint density at radius 1 is 1.03 bits per heavy atom. The van der Waals surface area contributed by atoms with Gasteiger partial charge in [0.1, 0.15) is 0 Å². The molecule has 33 heavy (non-hydrogen) atoms.